The summed E-state index contributed by atoms with van der Waals surface area (Å²) in [5, 5.41) is 0. The van der Waals surface area contributed by atoms with Gasteiger partial charge in [-0.15, -0.1) is 0 Å². The van der Waals surface area contributed by atoms with E-state index in [4.69, 9.17) is 4.74 Å². The largest absolute Gasteiger partial charge is 0.465 e. The van der Waals surface area contributed by atoms with Crippen LogP contribution in [-0.4, -0.2) is 12.6 Å². The van der Waals surface area contributed by atoms with Crippen LogP contribution in [0.2, 0.25) is 0 Å². The van der Waals surface area contributed by atoms with Gasteiger partial charge in [0.1, 0.15) is 0 Å². The molecule has 0 bridgehead atoms. The number of ether oxygens (including phenoxy) is 1. The van der Waals surface area contributed by atoms with Crippen LogP contribution in [0.15, 0.2) is 30.3 Å². The van der Waals surface area contributed by atoms with Gasteiger partial charge in [-0.3, -0.25) is 4.79 Å². The summed E-state index contributed by atoms with van der Waals surface area (Å²) in [4.78, 5) is 11.7. The minimum atomic E-state index is 0.0245. The van der Waals surface area contributed by atoms with Gasteiger partial charge in [0.25, 0.3) is 0 Å². The minimum absolute atomic E-state index is 0.0245. The lowest BCUT2D eigenvalue weighted by Crippen LogP contribution is -2.17. The van der Waals surface area contributed by atoms with Crippen molar-refractivity contribution in [2.24, 2.45) is 23.2 Å². The smallest absolute Gasteiger partial charge is 0.308 e. The zero-order valence-corrected chi connectivity index (χ0v) is 12.6. The van der Waals surface area contributed by atoms with Crippen LogP contribution in [0.5, 0.6) is 0 Å². The Labute approximate surface area is 121 Å². The number of hydrogen-bond donors (Lipinski definition) is 0. The Balaban J connectivity index is 1.62. The van der Waals surface area contributed by atoms with Gasteiger partial charge >= 0.3 is 5.97 Å². The molecule has 0 radical (unpaired) electrons. The Hall–Kier alpha value is -1.31. The monoisotopic (exact) mass is 272 g/mol. The van der Waals surface area contributed by atoms with Crippen molar-refractivity contribution in [3.05, 3.63) is 35.9 Å². The number of esters is 1. The van der Waals surface area contributed by atoms with Gasteiger partial charge in [0.15, 0.2) is 0 Å². The molecule has 0 heterocycles. The second-order valence-electron chi connectivity index (χ2n) is 6.90. The van der Waals surface area contributed by atoms with Crippen LogP contribution < -0.4 is 0 Å². The fourth-order valence-corrected chi connectivity index (χ4v) is 3.70. The summed E-state index contributed by atoms with van der Waals surface area (Å²) in [5.74, 6) is 1.98. The first kappa shape index (κ1) is 13.7. The van der Waals surface area contributed by atoms with Gasteiger partial charge in [0.2, 0.25) is 0 Å². The number of benzene rings is 1. The molecular formula is C18H24O2. The van der Waals surface area contributed by atoms with Crippen molar-refractivity contribution in [1.29, 1.82) is 0 Å². The molecule has 2 aliphatic rings. The quantitative estimate of drug-likeness (QED) is 0.757. The Kier molecular flexibility index (Phi) is 3.35. The Morgan fingerprint density at radius 2 is 2.00 bits per heavy atom. The van der Waals surface area contributed by atoms with E-state index in [2.05, 4.69) is 51.1 Å². The standard InChI is InChI=1S/C18H24O2/c1-12(14-7-5-4-6-8-14)16-13(2)18(16,3)11-20-17(19)15-9-10-15/h4-8,12-13,15-16H,9-11H2,1-3H3. The highest BCUT2D eigenvalue weighted by atomic mass is 16.5. The van der Waals surface area contributed by atoms with E-state index in [0.29, 0.717) is 24.4 Å². The topological polar surface area (TPSA) is 26.3 Å². The molecule has 0 N–H and O–H groups in total. The van der Waals surface area contributed by atoms with Gasteiger partial charge in [0.05, 0.1) is 12.5 Å². The molecule has 0 spiro atoms. The highest BCUT2D eigenvalue weighted by Crippen LogP contribution is 2.64. The number of rotatable bonds is 5. The van der Waals surface area contributed by atoms with Crippen molar-refractivity contribution in [3.8, 4) is 0 Å². The molecule has 2 nitrogen and oxygen atoms in total. The molecule has 0 saturated heterocycles. The number of carbonyl (C=O) groups excluding carboxylic acids is 1. The molecule has 108 valence electrons. The first-order valence-corrected chi connectivity index (χ1v) is 7.75. The summed E-state index contributed by atoms with van der Waals surface area (Å²) >= 11 is 0. The van der Waals surface area contributed by atoms with Crippen molar-refractivity contribution >= 4 is 5.97 Å². The maximum absolute atomic E-state index is 11.7. The summed E-state index contributed by atoms with van der Waals surface area (Å²) in [6, 6.07) is 10.7. The van der Waals surface area contributed by atoms with Gasteiger partial charge in [-0.1, -0.05) is 51.1 Å². The summed E-state index contributed by atoms with van der Waals surface area (Å²) in [7, 11) is 0. The Morgan fingerprint density at radius 3 is 2.60 bits per heavy atom. The van der Waals surface area contributed by atoms with Crippen LogP contribution in [0.25, 0.3) is 0 Å². The summed E-state index contributed by atoms with van der Waals surface area (Å²) < 4.78 is 5.54. The third kappa shape index (κ3) is 2.36. The average Bonchev–Trinajstić information content (AvgIpc) is 3.36. The fraction of sp³-hybridized carbons (Fsp3) is 0.611. The maximum atomic E-state index is 11.7. The summed E-state index contributed by atoms with van der Waals surface area (Å²) in [6.07, 6.45) is 2.05. The molecule has 20 heavy (non-hydrogen) atoms. The van der Waals surface area contributed by atoms with E-state index in [1.807, 2.05) is 0 Å². The molecule has 1 aromatic rings. The van der Waals surface area contributed by atoms with Crippen molar-refractivity contribution in [3.63, 3.8) is 0 Å². The van der Waals surface area contributed by atoms with Crippen molar-refractivity contribution in [2.75, 3.05) is 6.61 Å². The van der Waals surface area contributed by atoms with Crippen LogP contribution in [0, 0.1) is 23.2 Å². The van der Waals surface area contributed by atoms with Gasteiger partial charge < -0.3 is 4.74 Å². The minimum Gasteiger partial charge on any atom is -0.465 e. The number of hydrogen-bond acceptors (Lipinski definition) is 2. The van der Waals surface area contributed by atoms with Crippen molar-refractivity contribution < 1.29 is 9.53 Å². The van der Waals surface area contributed by atoms with Crippen LogP contribution >= 0.6 is 0 Å². The maximum Gasteiger partial charge on any atom is 0.308 e. The van der Waals surface area contributed by atoms with E-state index in [-0.39, 0.29) is 17.3 Å². The van der Waals surface area contributed by atoms with E-state index < -0.39 is 0 Å². The molecule has 2 saturated carbocycles. The number of carbonyl (C=O) groups is 1. The molecule has 2 aliphatic carbocycles. The van der Waals surface area contributed by atoms with Crippen LogP contribution in [-0.2, 0) is 9.53 Å². The zero-order chi connectivity index (χ0) is 14.3. The van der Waals surface area contributed by atoms with E-state index in [1.165, 1.54) is 5.56 Å². The van der Waals surface area contributed by atoms with Crippen molar-refractivity contribution in [1.82, 2.24) is 0 Å². The van der Waals surface area contributed by atoms with Crippen LogP contribution in [0.3, 0.4) is 0 Å². The average molecular weight is 272 g/mol. The molecule has 0 amide bonds. The summed E-state index contributed by atoms with van der Waals surface area (Å²) in [5.41, 5.74) is 1.54. The molecular weight excluding hydrogens is 248 g/mol. The molecule has 0 aromatic heterocycles. The molecule has 3 rings (SSSR count). The third-order valence-electron chi connectivity index (χ3n) is 5.53. The predicted molar refractivity (Wildman–Crippen MR) is 79.3 cm³/mol. The Bertz CT molecular complexity index is 491. The van der Waals surface area contributed by atoms with E-state index >= 15 is 0 Å². The highest BCUT2D eigenvalue weighted by molar-refractivity contribution is 5.74. The lowest BCUT2D eigenvalue weighted by atomic mass is 9.91. The molecule has 4 atom stereocenters. The van der Waals surface area contributed by atoms with Gasteiger partial charge in [0, 0.05) is 5.41 Å². The third-order valence-corrected chi connectivity index (χ3v) is 5.53. The van der Waals surface area contributed by atoms with E-state index in [0.717, 1.165) is 12.8 Å². The second kappa shape index (κ2) is 4.91. The highest BCUT2D eigenvalue weighted by Gasteiger charge is 2.61. The molecule has 2 heteroatoms. The molecule has 2 fully saturated rings. The van der Waals surface area contributed by atoms with Gasteiger partial charge in [-0.2, -0.15) is 0 Å². The van der Waals surface area contributed by atoms with Gasteiger partial charge in [-0.25, -0.2) is 0 Å². The lowest BCUT2D eigenvalue weighted by molar-refractivity contribution is -0.147. The van der Waals surface area contributed by atoms with E-state index in [1.54, 1.807) is 0 Å². The molecule has 0 aliphatic heterocycles. The molecule has 1 aromatic carbocycles. The van der Waals surface area contributed by atoms with Crippen LogP contribution in [0.4, 0.5) is 0 Å². The van der Waals surface area contributed by atoms with E-state index in [9.17, 15) is 4.79 Å². The first-order valence-electron chi connectivity index (χ1n) is 7.75. The predicted octanol–water partition coefficient (Wildman–Crippen LogP) is 4.02. The first-order chi connectivity index (χ1) is 9.54. The normalized spacial score (nSPS) is 33.5. The fourth-order valence-electron chi connectivity index (χ4n) is 3.70. The summed E-state index contributed by atoms with van der Waals surface area (Å²) in [6.45, 7) is 7.44. The zero-order valence-electron chi connectivity index (χ0n) is 12.6. The SMILES string of the molecule is CC(c1ccccc1)C1C(C)C1(C)COC(=O)C1CC1. The Morgan fingerprint density at radius 1 is 1.35 bits per heavy atom. The van der Waals surface area contributed by atoms with Crippen LogP contribution in [0.1, 0.15) is 45.1 Å². The molecule has 4 unspecified atom stereocenters. The lowest BCUT2D eigenvalue weighted by Gasteiger charge is -2.17. The van der Waals surface area contributed by atoms with Crippen molar-refractivity contribution in [2.45, 2.75) is 39.5 Å². The second-order valence-corrected chi connectivity index (χ2v) is 6.90. The van der Waals surface area contributed by atoms with Gasteiger partial charge in [-0.05, 0) is 36.2 Å².